The van der Waals surface area contributed by atoms with Crippen LogP contribution in [0.3, 0.4) is 0 Å². The van der Waals surface area contributed by atoms with Gasteiger partial charge in [0.15, 0.2) is 5.54 Å². The highest BCUT2D eigenvalue weighted by atomic mass is 35.5. The second kappa shape index (κ2) is 7.47. The quantitative estimate of drug-likeness (QED) is 0.654. The lowest BCUT2D eigenvalue weighted by molar-refractivity contribution is -0.151. The van der Waals surface area contributed by atoms with Crippen molar-refractivity contribution in [2.24, 2.45) is 0 Å². The largest absolute Gasteiger partial charge is 0.467 e. The maximum atomic E-state index is 11.6. The maximum Gasteiger partial charge on any atom is 0.334 e. The first-order valence-electron chi connectivity index (χ1n) is 5.26. The van der Waals surface area contributed by atoms with E-state index in [-0.39, 0.29) is 24.9 Å². The van der Waals surface area contributed by atoms with Gasteiger partial charge in [0.05, 0.1) is 13.7 Å². The minimum Gasteiger partial charge on any atom is -0.467 e. The van der Waals surface area contributed by atoms with E-state index in [1.807, 2.05) is 0 Å². The van der Waals surface area contributed by atoms with Crippen LogP contribution in [0.25, 0.3) is 0 Å². The fraction of sp³-hybridized carbons (Fsp3) is 0.800. The molecule has 1 amide bonds. The number of carbonyl (C=O) groups excluding carboxylic acids is 2. The fourth-order valence-corrected chi connectivity index (χ4v) is 1.64. The van der Waals surface area contributed by atoms with Crippen molar-refractivity contribution in [3.8, 4) is 0 Å². The van der Waals surface area contributed by atoms with Crippen LogP contribution in [0.4, 0.5) is 0 Å². The minimum absolute atomic E-state index is 0. The van der Waals surface area contributed by atoms with E-state index >= 15 is 0 Å². The zero-order chi connectivity index (χ0) is 12.0. The highest BCUT2D eigenvalue weighted by Gasteiger charge is 2.44. The van der Waals surface area contributed by atoms with Crippen LogP contribution < -0.4 is 10.6 Å². The second-order valence-electron chi connectivity index (χ2n) is 3.78. The number of rotatable bonds is 5. The van der Waals surface area contributed by atoms with Gasteiger partial charge in [0, 0.05) is 26.0 Å². The molecule has 0 spiro atoms. The molecular formula is C10H19ClN2O4. The molecule has 1 aliphatic heterocycles. The summed E-state index contributed by atoms with van der Waals surface area (Å²) >= 11 is 0. The van der Waals surface area contributed by atoms with Gasteiger partial charge >= 0.3 is 5.97 Å². The number of halogens is 1. The molecule has 6 nitrogen and oxygen atoms in total. The summed E-state index contributed by atoms with van der Waals surface area (Å²) in [5, 5.41) is 5.57. The number of carbonyl (C=O) groups is 2. The lowest BCUT2D eigenvalue weighted by Crippen LogP contribution is -2.56. The first-order valence-corrected chi connectivity index (χ1v) is 5.26. The summed E-state index contributed by atoms with van der Waals surface area (Å²) in [5.74, 6) is -0.618. The summed E-state index contributed by atoms with van der Waals surface area (Å²) in [6, 6.07) is 0. The minimum atomic E-state index is -0.987. The van der Waals surface area contributed by atoms with Gasteiger partial charge in [0.1, 0.15) is 0 Å². The predicted octanol–water partition coefficient (Wildman–Crippen LogP) is -0.534. The van der Waals surface area contributed by atoms with Crippen LogP contribution in [0, 0.1) is 0 Å². The SMILES string of the molecule is CNCCC(=O)NC1(C(=O)OC)CCOC1.Cl. The number of esters is 1. The standard InChI is InChI=1S/C10H18N2O4.ClH/c1-11-5-3-8(13)12-10(9(14)15-2)4-6-16-7-10;/h11H,3-7H2,1-2H3,(H,12,13);1H. The van der Waals surface area contributed by atoms with Crippen LogP contribution in [0.5, 0.6) is 0 Å². The molecule has 0 aromatic heterocycles. The van der Waals surface area contributed by atoms with Gasteiger partial charge in [-0.15, -0.1) is 12.4 Å². The number of amides is 1. The number of methoxy groups -OCH3 is 1. The molecule has 0 radical (unpaired) electrons. The molecule has 2 N–H and O–H groups in total. The van der Waals surface area contributed by atoms with Crippen LogP contribution in [0.2, 0.25) is 0 Å². The van der Waals surface area contributed by atoms with Gasteiger partial charge in [-0.1, -0.05) is 0 Å². The van der Waals surface area contributed by atoms with Gasteiger partial charge in [-0.05, 0) is 7.05 Å². The zero-order valence-corrected chi connectivity index (χ0v) is 10.9. The van der Waals surface area contributed by atoms with Gasteiger partial charge in [-0.3, -0.25) is 4.79 Å². The first kappa shape index (κ1) is 16.1. The third-order valence-corrected chi connectivity index (χ3v) is 2.58. The summed E-state index contributed by atoms with van der Waals surface area (Å²) in [7, 11) is 3.07. The van der Waals surface area contributed by atoms with Crippen LogP contribution >= 0.6 is 12.4 Å². The van der Waals surface area contributed by atoms with Gasteiger partial charge in [-0.25, -0.2) is 4.79 Å². The van der Waals surface area contributed by atoms with Crippen molar-refractivity contribution in [3.05, 3.63) is 0 Å². The van der Waals surface area contributed by atoms with Gasteiger partial charge in [0.25, 0.3) is 0 Å². The van der Waals surface area contributed by atoms with E-state index in [2.05, 4.69) is 10.6 Å². The van der Waals surface area contributed by atoms with Crippen LogP contribution in [0.1, 0.15) is 12.8 Å². The molecular weight excluding hydrogens is 248 g/mol. The normalized spacial score (nSPS) is 22.7. The van der Waals surface area contributed by atoms with Crippen LogP contribution in [-0.2, 0) is 19.1 Å². The highest BCUT2D eigenvalue weighted by Crippen LogP contribution is 2.20. The third-order valence-electron chi connectivity index (χ3n) is 2.58. The average molecular weight is 267 g/mol. The van der Waals surface area contributed by atoms with E-state index in [9.17, 15) is 9.59 Å². The van der Waals surface area contributed by atoms with Crippen LogP contribution in [-0.4, -0.2) is 51.3 Å². The van der Waals surface area contributed by atoms with Crippen molar-refractivity contribution in [3.63, 3.8) is 0 Å². The summed E-state index contributed by atoms with van der Waals surface area (Å²) in [5.41, 5.74) is -0.987. The Balaban J connectivity index is 0.00000256. The van der Waals surface area contributed by atoms with E-state index < -0.39 is 11.5 Å². The predicted molar refractivity (Wildman–Crippen MR) is 64.1 cm³/mol. The molecule has 1 rings (SSSR count). The topological polar surface area (TPSA) is 76.7 Å². The Kier molecular flexibility index (Phi) is 7.10. The Bertz CT molecular complexity index is 267. The van der Waals surface area contributed by atoms with Gasteiger partial charge in [-0.2, -0.15) is 0 Å². The van der Waals surface area contributed by atoms with Crippen molar-refractivity contribution >= 4 is 24.3 Å². The molecule has 1 aliphatic rings. The molecule has 0 bridgehead atoms. The first-order chi connectivity index (χ1) is 7.64. The maximum absolute atomic E-state index is 11.6. The molecule has 17 heavy (non-hydrogen) atoms. The Labute approximate surface area is 107 Å². The molecule has 100 valence electrons. The van der Waals surface area contributed by atoms with Crippen LogP contribution in [0.15, 0.2) is 0 Å². The molecule has 0 aromatic carbocycles. The van der Waals surface area contributed by atoms with Gasteiger partial charge in [0.2, 0.25) is 5.91 Å². The molecule has 1 fully saturated rings. The molecule has 1 unspecified atom stereocenters. The Morgan fingerprint density at radius 1 is 1.47 bits per heavy atom. The fourth-order valence-electron chi connectivity index (χ4n) is 1.64. The molecule has 1 atom stereocenters. The van der Waals surface area contributed by atoms with E-state index in [1.54, 1.807) is 7.05 Å². The third kappa shape index (κ3) is 4.14. The monoisotopic (exact) mass is 266 g/mol. The number of hydrogen-bond acceptors (Lipinski definition) is 5. The van der Waals surface area contributed by atoms with Crippen molar-refractivity contribution in [2.45, 2.75) is 18.4 Å². The number of hydrogen-bond donors (Lipinski definition) is 2. The smallest absolute Gasteiger partial charge is 0.334 e. The number of nitrogens with one attached hydrogen (secondary N) is 2. The van der Waals surface area contributed by atoms with Gasteiger partial charge < -0.3 is 20.1 Å². The molecule has 0 aliphatic carbocycles. The van der Waals surface area contributed by atoms with Crippen molar-refractivity contribution in [2.75, 3.05) is 33.9 Å². The van der Waals surface area contributed by atoms with Crippen molar-refractivity contribution in [1.29, 1.82) is 0 Å². The van der Waals surface area contributed by atoms with E-state index in [0.717, 1.165) is 0 Å². The summed E-state index contributed by atoms with van der Waals surface area (Å²) in [4.78, 5) is 23.2. The molecule has 0 aromatic rings. The number of ether oxygens (including phenoxy) is 2. The summed E-state index contributed by atoms with van der Waals surface area (Å²) in [6.45, 7) is 1.22. The Morgan fingerprint density at radius 2 is 2.18 bits per heavy atom. The molecule has 0 saturated carbocycles. The molecule has 1 saturated heterocycles. The second-order valence-corrected chi connectivity index (χ2v) is 3.78. The summed E-state index contributed by atoms with van der Waals surface area (Å²) < 4.78 is 9.85. The highest BCUT2D eigenvalue weighted by molar-refractivity contribution is 5.88. The Morgan fingerprint density at radius 3 is 2.65 bits per heavy atom. The molecule has 1 heterocycles. The summed E-state index contributed by atoms with van der Waals surface area (Å²) in [6.07, 6.45) is 0.792. The average Bonchev–Trinajstić information content (AvgIpc) is 2.75. The lowest BCUT2D eigenvalue weighted by Gasteiger charge is -2.25. The van der Waals surface area contributed by atoms with Crippen molar-refractivity contribution < 1.29 is 19.1 Å². The Hall–Kier alpha value is -0.850. The molecule has 7 heteroatoms. The lowest BCUT2D eigenvalue weighted by atomic mass is 9.98. The van der Waals surface area contributed by atoms with E-state index in [1.165, 1.54) is 7.11 Å². The van der Waals surface area contributed by atoms with E-state index in [4.69, 9.17) is 9.47 Å². The zero-order valence-electron chi connectivity index (χ0n) is 10.1. The van der Waals surface area contributed by atoms with Crippen molar-refractivity contribution in [1.82, 2.24) is 10.6 Å². The van der Waals surface area contributed by atoms with E-state index in [0.29, 0.717) is 26.0 Å².